The van der Waals surface area contributed by atoms with Gasteiger partial charge in [0.2, 0.25) is 5.82 Å². The molecule has 0 unspecified atom stereocenters. The van der Waals surface area contributed by atoms with Gasteiger partial charge in [0.1, 0.15) is 0 Å². The Balaban J connectivity index is 2.52. The van der Waals surface area contributed by atoms with Crippen LogP contribution >= 0.6 is 0 Å². The van der Waals surface area contributed by atoms with E-state index in [1.54, 1.807) is 49.2 Å². The number of nitro groups is 1. The molecule has 0 saturated carbocycles. The van der Waals surface area contributed by atoms with Crippen LogP contribution in [0.15, 0.2) is 36.4 Å². The predicted molar refractivity (Wildman–Crippen MR) is 74.8 cm³/mol. The molecule has 0 atom stereocenters. The summed E-state index contributed by atoms with van der Waals surface area (Å²) in [5, 5.41) is 20.0. The molecule has 1 aromatic heterocycles. The summed E-state index contributed by atoms with van der Waals surface area (Å²) < 4.78 is 0. The summed E-state index contributed by atoms with van der Waals surface area (Å²) in [7, 11) is 1.69. The van der Waals surface area contributed by atoms with Gasteiger partial charge in [0.25, 0.3) is 0 Å². The summed E-state index contributed by atoms with van der Waals surface area (Å²) in [4.78, 5) is 16.4. The fourth-order valence-corrected chi connectivity index (χ4v) is 1.83. The first-order valence-corrected chi connectivity index (χ1v) is 5.89. The number of rotatable bonds is 3. The highest BCUT2D eigenvalue weighted by Gasteiger charge is 2.20. The van der Waals surface area contributed by atoms with E-state index in [0.29, 0.717) is 16.9 Å². The number of hydrogen-bond donors (Lipinski definition) is 0. The number of pyridine rings is 1. The smallest absolute Gasteiger partial charge is 0.311 e. The van der Waals surface area contributed by atoms with Crippen LogP contribution in [0.2, 0.25) is 0 Å². The molecule has 6 heteroatoms. The molecule has 2 aromatic rings. The summed E-state index contributed by atoms with van der Waals surface area (Å²) in [6.45, 7) is 1.77. The van der Waals surface area contributed by atoms with Crippen molar-refractivity contribution in [2.24, 2.45) is 0 Å². The first-order chi connectivity index (χ1) is 9.52. The van der Waals surface area contributed by atoms with Gasteiger partial charge in [-0.25, -0.2) is 4.98 Å². The van der Waals surface area contributed by atoms with Gasteiger partial charge in [-0.15, -0.1) is 0 Å². The van der Waals surface area contributed by atoms with E-state index in [9.17, 15) is 10.1 Å². The van der Waals surface area contributed by atoms with Crippen molar-refractivity contribution in [1.29, 1.82) is 5.26 Å². The van der Waals surface area contributed by atoms with Crippen LogP contribution in [0.5, 0.6) is 0 Å². The average Bonchev–Trinajstić information content (AvgIpc) is 2.46. The third-order valence-electron chi connectivity index (χ3n) is 2.87. The topological polar surface area (TPSA) is 83.1 Å². The number of nitriles is 1. The van der Waals surface area contributed by atoms with Crippen molar-refractivity contribution in [3.05, 3.63) is 57.8 Å². The Bertz CT molecular complexity index is 707. The number of aryl methyl sites for hydroxylation is 1. The Kier molecular flexibility index (Phi) is 3.62. The molecule has 0 N–H and O–H groups in total. The van der Waals surface area contributed by atoms with Crippen molar-refractivity contribution in [2.45, 2.75) is 6.92 Å². The normalized spacial score (nSPS) is 9.85. The summed E-state index contributed by atoms with van der Waals surface area (Å²) in [6, 6.07) is 11.9. The summed E-state index contributed by atoms with van der Waals surface area (Å²) >= 11 is 0. The summed E-state index contributed by atoms with van der Waals surface area (Å²) in [5.74, 6) is 0.255. The highest BCUT2D eigenvalue weighted by atomic mass is 16.6. The molecule has 2 rings (SSSR count). The molecule has 0 aliphatic heterocycles. The van der Waals surface area contributed by atoms with E-state index in [1.165, 1.54) is 6.07 Å². The van der Waals surface area contributed by atoms with Gasteiger partial charge in [-0.2, -0.15) is 5.26 Å². The second-order valence-electron chi connectivity index (χ2n) is 4.27. The van der Waals surface area contributed by atoms with Crippen LogP contribution in [0.3, 0.4) is 0 Å². The molecule has 6 nitrogen and oxygen atoms in total. The van der Waals surface area contributed by atoms with Gasteiger partial charge in [-0.1, -0.05) is 6.07 Å². The van der Waals surface area contributed by atoms with Crippen LogP contribution in [0.25, 0.3) is 0 Å². The maximum Gasteiger partial charge on any atom is 0.311 e. The molecule has 0 aliphatic rings. The van der Waals surface area contributed by atoms with Crippen molar-refractivity contribution < 1.29 is 4.92 Å². The third kappa shape index (κ3) is 2.57. The lowest BCUT2D eigenvalue weighted by atomic mass is 10.2. The van der Waals surface area contributed by atoms with E-state index in [0.717, 1.165) is 0 Å². The van der Waals surface area contributed by atoms with Crippen molar-refractivity contribution in [1.82, 2.24) is 4.98 Å². The quantitative estimate of drug-likeness (QED) is 0.631. The fourth-order valence-electron chi connectivity index (χ4n) is 1.83. The maximum atomic E-state index is 11.1. The zero-order valence-corrected chi connectivity index (χ0v) is 11.1. The number of hydrogen-bond acceptors (Lipinski definition) is 5. The highest BCUT2D eigenvalue weighted by molar-refractivity contribution is 5.68. The molecule has 0 amide bonds. The van der Waals surface area contributed by atoms with E-state index in [1.807, 2.05) is 6.07 Å². The van der Waals surface area contributed by atoms with E-state index in [4.69, 9.17) is 5.26 Å². The predicted octanol–water partition coefficient (Wildman–Crippen LogP) is 2.94. The van der Waals surface area contributed by atoms with Gasteiger partial charge in [0.05, 0.1) is 16.6 Å². The second kappa shape index (κ2) is 5.36. The Morgan fingerprint density at radius 2 is 2.10 bits per heavy atom. The number of anilines is 2. The standard InChI is InChI=1S/C14H12N4O2/c1-10-6-7-13(18(19)20)14(16-10)17(2)12-5-3-4-11(8-12)9-15/h3-8H,1-2H3. The van der Waals surface area contributed by atoms with Crippen molar-refractivity contribution in [3.63, 3.8) is 0 Å². The van der Waals surface area contributed by atoms with Gasteiger partial charge >= 0.3 is 5.69 Å². The molecule has 1 heterocycles. The van der Waals surface area contributed by atoms with Gasteiger partial charge in [0.15, 0.2) is 0 Å². The van der Waals surface area contributed by atoms with Crippen molar-refractivity contribution in [2.75, 3.05) is 11.9 Å². The van der Waals surface area contributed by atoms with Crippen LogP contribution in [0.1, 0.15) is 11.3 Å². The minimum absolute atomic E-state index is 0.0690. The Labute approximate surface area is 116 Å². The van der Waals surface area contributed by atoms with Gasteiger partial charge in [0, 0.05) is 24.5 Å². The molecule has 0 bridgehead atoms. The maximum absolute atomic E-state index is 11.1. The van der Waals surface area contributed by atoms with Crippen LogP contribution in [0, 0.1) is 28.4 Å². The lowest BCUT2D eigenvalue weighted by Crippen LogP contribution is -2.14. The molecule has 20 heavy (non-hydrogen) atoms. The van der Waals surface area contributed by atoms with Crippen molar-refractivity contribution in [3.8, 4) is 6.07 Å². The second-order valence-corrected chi connectivity index (χ2v) is 4.27. The van der Waals surface area contributed by atoms with Gasteiger partial charge in [-0.05, 0) is 31.2 Å². The molecular weight excluding hydrogens is 256 g/mol. The molecule has 0 saturated heterocycles. The number of benzene rings is 1. The first kappa shape index (κ1) is 13.5. The van der Waals surface area contributed by atoms with Crippen LogP contribution in [-0.4, -0.2) is 17.0 Å². The van der Waals surface area contributed by atoms with Crippen LogP contribution in [-0.2, 0) is 0 Å². The molecule has 100 valence electrons. The fraction of sp³-hybridized carbons (Fsp3) is 0.143. The minimum atomic E-state index is -0.466. The van der Waals surface area contributed by atoms with Gasteiger partial charge < -0.3 is 4.90 Å². The van der Waals surface area contributed by atoms with E-state index >= 15 is 0 Å². The molecular formula is C14H12N4O2. The Hall–Kier alpha value is -2.94. The van der Waals surface area contributed by atoms with Crippen LogP contribution < -0.4 is 4.90 Å². The molecule has 0 radical (unpaired) electrons. The van der Waals surface area contributed by atoms with E-state index < -0.39 is 4.92 Å². The lowest BCUT2D eigenvalue weighted by molar-refractivity contribution is -0.384. The molecule has 0 fully saturated rings. The third-order valence-corrected chi connectivity index (χ3v) is 2.87. The highest BCUT2D eigenvalue weighted by Crippen LogP contribution is 2.30. The largest absolute Gasteiger partial charge is 0.324 e. The average molecular weight is 268 g/mol. The SMILES string of the molecule is Cc1ccc([N+](=O)[O-])c(N(C)c2cccc(C#N)c2)n1. The number of nitrogens with zero attached hydrogens (tertiary/aromatic N) is 4. The van der Waals surface area contributed by atoms with E-state index in [2.05, 4.69) is 4.98 Å². The van der Waals surface area contributed by atoms with E-state index in [-0.39, 0.29) is 11.5 Å². The van der Waals surface area contributed by atoms with Crippen molar-refractivity contribution >= 4 is 17.2 Å². The zero-order chi connectivity index (χ0) is 14.7. The van der Waals surface area contributed by atoms with Gasteiger partial charge in [-0.3, -0.25) is 10.1 Å². The minimum Gasteiger partial charge on any atom is -0.324 e. The number of aromatic nitrogens is 1. The summed E-state index contributed by atoms with van der Waals surface area (Å²) in [6.07, 6.45) is 0. The summed E-state index contributed by atoms with van der Waals surface area (Å²) in [5.41, 5.74) is 1.78. The molecule has 0 spiro atoms. The van der Waals surface area contributed by atoms with Crippen LogP contribution in [0.4, 0.5) is 17.2 Å². The first-order valence-electron chi connectivity index (χ1n) is 5.89. The Morgan fingerprint density at radius 1 is 1.35 bits per heavy atom. The molecule has 0 aliphatic carbocycles. The molecule has 1 aromatic carbocycles. The monoisotopic (exact) mass is 268 g/mol. The zero-order valence-electron chi connectivity index (χ0n) is 11.1. The Morgan fingerprint density at radius 3 is 2.75 bits per heavy atom. The lowest BCUT2D eigenvalue weighted by Gasteiger charge is -2.18.